The van der Waals surface area contributed by atoms with Gasteiger partial charge >= 0.3 is 18.0 Å². The molecule has 0 unspecified atom stereocenters. The summed E-state index contributed by atoms with van der Waals surface area (Å²) in [5.41, 5.74) is -0.168. The monoisotopic (exact) mass is 310 g/mol. The molecule has 116 valence electrons. The van der Waals surface area contributed by atoms with Gasteiger partial charge in [-0.25, -0.2) is 0 Å². The second kappa shape index (κ2) is 6.06. The van der Waals surface area contributed by atoms with E-state index in [1.807, 2.05) is 0 Å². The summed E-state index contributed by atoms with van der Waals surface area (Å²) in [6, 6.07) is 5.24. The molecule has 1 rings (SSSR count). The van der Waals surface area contributed by atoms with Gasteiger partial charge in [-0.1, -0.05) is 18.2 Å². The molecule has 0 aliphatic heterocycles. The van der Waals surface area contributed by atoms with Crippen molar-refractivity contribution >= 4 is 17.5 Å². The van der Waals surface area contributed by atoms with Gasteiger partial charge in [0.15, 0.2) is 0 Å². The number of amides is 2. The van der Waals surface area contributed by atoms with Crippen molar-refractivity contribution in [2.45, 2.75) is 18.5 Å². The fourth-order valence-corrected chi connectivity index (χ4v) is 1.39. The summed E-state index contributed by atoms with van der Waals surface area (Å²) in [4.78, 5) is 22.3. The third-order valence-corrected chi connectivity index (χ3v) is 2.54. The summed E-state index contributed by atoms with van der Waals surface area (Å²) in [6.45, 7) is 0. The lowest BCUT2D eigenvalue weighted by atomic mass is 10.1. The van der Waals surface area contributed by atoms with Crippen LogP contribution in [0.25, 0.3) is 0 Å². The Morgan fingerprint density at radius 2 is 1.67 bits per heavy atom. The SMILES string of the molecule is CNC(=O)Cc1ccccc1NC(=O)C(F)(F)C(F)(F)F. The molecule has 1 aromatic carbocycles. The topological polar surface area (TPSA) is 58.2 Å². The Kier molecular flexibility index (Phi) is 4.87. The summed E-state index contributed by atoms with van der Waals surface area (Å²) in [5, 5.41) is 3.77. The van der Waals surface area contributed by atoms with Crippen LogP contribution in [0, 0.1) is 0 Å². The normalized spacial score (nSPS) is 11.9. The van der Waals surface area contributed by atoms with E-state index in [0.717, 1.165) is 6.07 Å². The Labute approximate surface area is 116 Å². The van der Waals surface area contributed by atoms with Crippen molar-refractivity contribution in [3.8, 4) is 0 Å². The highest BCUT2D eigenvalue weighted by molar-refractivity contribution is 5.97. The molecular formula is C12H11F5N2O2. The van der Waals surface area contributed by atoms with Crippen molar-refractivity contribution in [2.24, 2.45) is 0 Å². The molecule has 0 spiro atoms. The van der Waals surface area contributed by atoms with Gasteiger partial charge < -0.3 is 10.6 Å². The zero-order valence-electron chi connectivity index (χ0n) is 10.7. The number of alkyl halides is 5. The van der Waals surface area contributed by atoms with Crippen LogP contribution in [0.1, 0.15) is 5.56 Å². The third kappa shape index (κ3) is 3.89. The fourth-order valence-electron chi connectivity index (χ4n) is 1.39. The summed E-state index contributed by atoms with van der Waals surface area (Å²) >= 11 is 0. The van der Waals surface area contributed by atoms with Crippen molar-refractivity contribution in [1.29, 1.82) is 0 Å². The van der Waals surface area contributed by atoms with Gasteiger partial charge in [-0.3, -0.25) is 9.59 Å². The number of benzene rings is 1. The quantitative estimate of drug-likeness (QED) is 0.837. The molecule has 0 saturated carbocycles. The lowest BCUT2D eigenvalue weighted by molar-refractivity contribution is -0.267. The number of halogens is 5. The van der Waals surface area contributed by atoms with Gasteiger partial charge in [0, 0.05) is 12.7 Å². The van der Waals surface area contributed by atoms with Gasteiger partial charge in [0.05, 0.1) is 6.42 Å². The fraction of sp³-hybridized carbons (Fsp3) is 0.333. The number of carbonyl (C=O) groups excluding carboxylic acids is 2. The second-order valence-corrected chi connectivity index (χ2v) is 4.03. The van der Waals surface area contributed by atoms with Crippen molar-refractivity contribution in [3.63, 3.8) is 0 Å². The number of likely N-dealkylation sites (N-methyl/N-ethyl adjacent to an activating group) is 1. The van der Waals surface area contributed by atoms with Gasteiger partial charge in [-0.2, -0.15) is 22.0 Å². The Bertz CT molecular complexity index is 543. The zero-order chi connectivity index (χ0) is 16.3. The summed E-state index contributed by atoms with van der Waals surface area (Å²) in [5.74, 6) is -8.51. The highest BCUT2D eigenvalue weighted by Crippen LogP contribution is 2.36. The standard InChI is InChI=1S/C12H11F5N2O2/c1-18-9(20)6-7-4-2-3-5-8(7)19-10(21)11(13,14)12(15,16)17/h2-5H,6H2,1H3,(H,18,20)(H,19,21). The zero-order valence-corrected chi connectivity index (χ0v) is 10.7. The van der Waals surface area contributed by atoms with Crippen LogP contribution >= 0.6 is 0 Å². The molecule has 9 heteroatoms. The largest absolute Gasteiger partial charge is 0.463 e. The van der Waals surface area contributed by atoms with E-state index in [4.69, 9.17) is 0 Å². The number of rotatable bonds is 4. The number of anilines is 1. The summed E-state index contributed by atoms with van der Waals surface area (Å²) < 4.78 is 61.9. The van der Waals surface area contributed by atoms with Gasteiger partial charge in [0.1, 0.15) is 0 Å². The lowest BCUT2D eigenvalue weighted by Gasteiger charge is -2.19. The average molecular weight is 310 g/mol. The molecule has 0 atom stereocenters. The van der Waals surface area contributed by atoms with Gasteiger partial charge in [0.2, 0.25) is 5.91 Å². The van der Waals surface area contributed by atoms with Gasteiger partial charge in [-0.15, -0.1) is 0 Å². The molecule has 4 nitrogen and oxygen atoms in total. The Morgan fingerprint density at radius 1 is 1.10 bits per heavy atom. The van der Waals surface area contributed by atoms with E-state index >= 15 is 0 Å². The molecule has 0 fully saturated rings. The van der Waals surface area contributed by atoms with Crippen LogP contribution in [0.15, 0.2) is 24.3 Å². The van der Waals surface area contributed by atoms with E-state index in [0.29, 0.717) is 0 Å². The molecule has 2 amide bonds. The predicted octanol–water partition coefficient (Wildman–Crippen LogP) is 2.11. The van der Waals surface area contributed by atoms with Crippen LogP contribution in [0.4, 0.5) is 27.6 Å². The highest BCUT2D eigenvalue weighted by Gasteiger charge is 2.63. The van der Waals surface area contributed by atoms with Crippen molar-refractivity contribution in [2.75, 3.05) is 12.4 Å². The van der Waals surface area contributed by atoms with E-state index < -0.39 is 23.9 Å². The van der Waals surface area contributed by atoms with Crippen LogP contribution in [-0.4, -0.2) is 31.0 Å². The number of para-hydroxylation sites is 1. The van der Waals surface area contributed by atoms with Gasteiger partial charge in [0.25, 0.3) is 0 Å². The van der Waals surface area contributed by atoms with Crippen LogP contribution in [-0.2, 0) is 16.0 Å². The molecule has 21 heavy (non-hydrogen) atoms. The summed E-state index contributed by atoms with van der Waals surface area (Å²) in [7, 11) is 1.33. The lowest BCUT2D eigenvalue weighted by Crippen LogP contribution is -2.47. The maximum atomic E-state index is 12.9. The predicted molar refractivity (Wildman–Crippen MR) is 63.8 cm³/mol. The molecule has 0 aromatic heterocycles. The number of hydrogen-bond acceptors (Lipinski definition) is 2. The number of carbonyl (C=O) groups is 2. The Hall–Kier alpha value is -2.19. The molecule has 1 aromatic rings. The molecule has 2 N–H and O–H groups in total. The van der Waals surface area contributed by atoms with Crippen LogP contribution in [0.2, 0.25) is 0 Å². The molecule has 0 heterocycles. The first-order valence-corrected chi connectivity index (χ1v) is 5.64. The Morgan fingerprint density at radius 3 is 2.19 bits per heavy atom. The summed E-state index contributed by atoms with van der Waals surface area (Å²) in [6.07, 6.45) is -6.27. The van der Waals surface area contributed by atoms with E-state index in [2.05, 4.69) is 5.32 Å². The first-order valence-electron chi connectivity index (χ1n) is 5.64. The highest BCUT2D eigenvalue weighted by atomic mass is 19.4. The molecule has 0 saturated heterocycles. The smallest absolute Gasteiger partial charge is 0.359 e. The van der Waals surface area contributed by atoms with Crippen molar-refractivity contribution in [3.05, 3.63) is 29.8 Å². The van der Waals surface area contributed by atoms with E-state index in [1.165, 1.54) is 30.6 Å². The maximum absolute atomic E-state index is 12.9. The molecule has 0 bridgehead atoms. The van der Waals surface area contributed by atoms with Gasteiger partial charge in [-0.05, 0) is 11.6 Å². The van der Waals surface area contributed by atoms with E-state index in [-0.39, 0.29) is 17.7 Å². The molecular weight excluding hydrogens is 299 g/mol. The minimum absolute atomic E-state index is 0.114. The Balaban J connectivity index is 2.98. The maximum Gasteiger partial charge on any atom is 0.463 e. The second-order valence-electron chi connectivity index (χ2n) is 4.03. The molecule has 0 aliphatic carbocycles. The molecule has 0 aliphatic rings. The first kappa shape index (κ1) is 16.9. The minimum Gasteiger partial charge on any atom is -0.359 e. The van der Waals surface area contributed by atoms with Crippen molar-refractivity contribution < 1.29 is 31.5 Å². The van der Waals surface area contributed by atoms with Crippen molar-refractivity contribution in [1.82, 2.24) is 5.32 Å². The average Bonchev–Trinajstić information content (AvgIpc) is 2.39. The first-order chi connectivity index (χ1) is 9.59. The number of hydrogen-bond donors (Lipinski definition) is 2. The number of nitrogens with one attached hydrogen (secondary N) is 2. The molecule has 0 radical (unpaired) electrons. The van der Waals surface area contributed by atoms with E-state index in [9.17, 15) is 31.5 Å². The third-order valence-electron chi connectivity index (χ3n) is 2.54. The van der Waals surface area contributed by atoms with Crippen LogP contribution < -0.4 is 10.6 Å². The van der Waals surface area contributed by atoms with Crippen LogP contribution in [0.3, 0.4) is 0 Å². The minimum atomic E-state index is -5.99. The van der Waals surface area contributed by atoms with E-state index in [1.54, 1.807) is 0 Å². The van der Waals surface area contributed by atoms with Crippen LogP contribution in [0.5, 0.6) is 0 Å².